The van der Waals surface area contributed by atoms with E-state index in [-0.39, 0.29) is 16.0 Å². The lowest BCUT2D eigenvalue weighted by molar-refractivity contribution is -0.123. The molecule has 9 nitrogen and oxygen atoms in total. The molecule has 4 fully saturated rings. The third-order valence-electron chi connectivity index (χ3n) is 7.65. The third kappa shape index (κ3) is 5.79. The zero-order valence-corrected chi connectivity index (χ0v) is 21.5. The number of carbonyl (C=O) groups excluding carboxylic acids is 3. The molecule has 2 aromatic carbocycles. The second-order valence-electron chi connectivity index (χ2n) is 10.8. The molecule has 0 saturated heterocycles. The van der Waals surface area contributed by atoms with Gasteiger partial charge in [0, 0.05) is 11.2 Å². The van der Waals surface area contributed by atoms with E-state index in [1.807, 2.05) is 13.0 Å². The van der Waals surface area contributed by atoms with Gasteiger partial charge >= 0.3 is 12.0 Å². The summed E-state index contributed by atoms with van der Waals surface area (Å²) in [4.78, 5) is 37.2. The number of urea groups is 1. The van der Waals surface area contributed by atoms with Crippen LogP contribution in [0.15, 0.2) is 53.4 Å². The van der Waals surface area contributed by atoms with Gasteiger partial charge in [-0.3, -0.25) is 14.8 Å². The van der Waals surface area contributed by atoms with Crippen LogP contribution in [0.1, 0.15) is 54.4 Å². The van der Waals surface area contributed by atoms with Crippen LogP contribution in [0.3, 0.4) is 0 Å². The summed E-state index contributed by atoms with van der Waals surface area (Å²) in [5.74, 6) is 0.323. The number of sulfonamides is 1. The van der Waals surface area contributed by atoms with E-state index in [4.69, 9.17) is 4.74 Å². The zero-order valence-electron chi connectivity index (χ0n) is 20.7. The highest BCUT2D eigenvalue weighted by molar-refractivity contribution is 7.92. The Hall–Kier alpha value is -3.40. The fourth-order valence-electron chi connectivity index (χ4n) is 6.63. The summed E-state index contributed by atoms with van der Waals surface area (Å²) in [6, 6.07) is 11.7. The molecule has 0 heterocycles. The molecule has 3 amide bonds. The van der Waals surface area contributed by atoms with E-state index in [2.05, 4.69) is 15.4 Å². The Bertz CT molecular complexity index is 1300. The number of aryl methyl sites for hydroxylation is 1. The Morgan fingerprint density at radius 2 is 1.59 bits per heavy atom. The topological polar surface area (TPSA) is 131 Å². The summed E-state index contributed by atoms with van der Waals surface area (Å²) in [6.07, 6.45) is 6.57. The number of benzene rings is 2. The van der Waals surface area contributed by atoms with E-state index in [1.165, 1.54) is 43.5 Å². The summed E-state index contributed by atoms with van der Waals surface area (Å²) in [5, 5.41) is 5.29. The van der Waals surface area contributed by atoms with Crippen molar-refractivity contribution in [2.45, 2.75) is 55.9 Å². The number of hydrogen-bond donors (Lipinski definition) is 3. The molecule has 0 atom stereocenters. The first-order chi connectivity index (χ1) is 17.6. The average molecular weight is 526 g/mol. The van der Waals surface area contributed by atoms with Gasteiger partial charge in [-0.05, 0) is 99.1 Å². The van der Waals surface area contributed by atoms with Gasteiger partial charge in [0.25, 0.3) is 15.9 Å². The Morgan fingerprint density at radius 3 is 2.24 bits per heavy atom. The van der Waals surface area contributed by atoms with Crippen molar-refractivity contribution in [2.75, 3.05) is 11.3 Å². The Balaban J connectivity index is 1.14. The van der Waals surface area contributed by atoms with Crippen molar-refractivity contribution < 1.29 is 27.5 Å². The molecule has 0 aliphatic heterocycles. The van der Waals surface area contributed by atoms with Crippen molar-refractivity contribution in [3.05, 3.63) is 59.7 Å². The minimum absolute atomic E-state index is 0.0297. The maximum absolute atomic E-state index is 12.8. The number of anilines is 1. The summed E-state index contributed by atoms with van der Waals surface area (Å²) < 4.78 is 33.0. The predicted molar refractivity (Wildman–Crippen MR) is 136 cm³/mol. The molecule has 37 heavy (non-hydrogen) atoms. The quantitative estimate of drug-likeness (QED) is 0.472. The third-order valence-corrected chi connectivity index (χ3v) is 9.03. The molecule has 10 heteroatoms. The molecular formula is C27H31N3O6S. The van der Waals surface area contributed by atoms with Gasteiger partial charge in [-0.1, -0.05) is 18.2 Å². The van der Waals surface area contributed by atoms with Crippen LogP contribution in [-0.4, -0.2) is 38.5 Å². The smallest absolute Gasteiger partial charge is 0.338 e. The van der Waals surface area contributed by atoms with Crippen molar-refractivity contribution in [3.63, 3.8) is 0 Å². The molecule has 196 valence electrons. The highest BCUT2D eigenvalue weighted by Gasteiger charge is 2.51. The number of hydrogen-bond acceptors (Lipinski definition) is 6. The second-order valence-corrected chi connectivity index (χ2v) is 12.5. The van der Waals surface area contributed by atoms with Gasteiger partial charge in [0.2, 0.25) is 0 Å². The number of esters is 1. The number of amides is 3. The molecule has 0 aromatic heterocycles. The molecule has 4 aliphatic carbocycles. The van der Waals surface area contributed by atoms with Crippen molar-refractivity contribution in [1.29, 1.82) is 0 Å². The van der Waals surface area contributed by atoms with E-state index >= 15 is 0 Å². The largest absolute Gasteiger partial charge is 0.452 e. The highest BCUT2D eigenvalue weighted by atomic mass is 32.2. The lowest BCUT2D eigenvalue weighted by Gasteiger charge is -2.56. The maximum atomic E-state index is 12.8. The van der Waals surface area contributed by atoms with E-state index in [1.54, 1.807) is 18.2 Å². The summed E-state index contributed by atoms with van der Waals surface area (Å²) in [6.45, 7) is 1.18. The first kappa shape index (κ1) is 25.3. The first-order valence-corrected chi connectivity index (χ1v) is 14.1. The highest BCUT2D eigenvalue weighted by Crippen LogP contribution is 2.55. The summed E-state index contributed by atoms with van der Waals surface area (Å²) >= 11 is 0. The van der Waals surface area contributed by atoms with Crippen LogP contribution in [0.2, 0.25) is 0 Å². The van der Waals surface area contributed by atoms with E-state index in [0.29, 0.717) is 23.4 Å². The SMILES string of the molecule is Cc1cccc(NS(=O)(=O)c2cccc(C(=O)OCC(=O)NC(=O)NC34CC5CC(CC(C5)C3)C4)c2)c1. The zero-order chi connectivity index (χ0) is 26.2. The van der Waals surface area contributed by atoms with Crippen molar-refractivity contribution in [3.8, 4) is 0 Å². The molecule has 4 bridgehead atoms. The lowest BCUT2D eigenvalue weighted by atomic mass is 9.53. The number of carbonyl (C=O) groups is 3. The lowest BCUT2D eigenvalue weighted by Crippen LogP contribution is -2.62. The summed E-state index contributed by atoms with van der Waals surface area (Å²) in [5.41, 5.74) is 1.02. The van der Waals surface area contributed by atoms with Crippen LogP contribution >= 0.6 is 0 Å². The van der Waals surface area contributed by atoms with Crippen LogP contribution in [0.25, 0.3) is 0 Å². The summed E-state index contributed by atoms with van der Waals surface area (Å²) in [7, 11) is -3.95. The molecule has 3 N–H and O–H groups in total. The van der Waals surface area contributed by atoms with Gasteiger partial charge in [-0.15, -0.1) is 0 Å². The molecule has 4 saturated carbocycles. The molecule has 0 unspecified atom stereocenters. The fraction of sp³-hybridized carbons (Fsp3) is 0.444. The first-order valence-electron chi connectivity index (χ1n) is 12.6. The molecular weight excluding hydrogens is 494 g/mol. The molecule has 4 aliphatic rings. The number of rotatable bonds is 7. The molecule has 0 spiro atoms. The van der Waals surface area contributed by atoms with Crippen LogP contribution in [0, 0.1) is 24.7 Å². The van der Waals surface area contributed by atoms with Gasteiger partial charge < -0.3 is 10.1 Å². The Labute approximate surface area is 216 Å². The van der Waals surface area contributed by atoms with Crippen LogP contribution in [0.5, 0.6) is 0 Å². The van der Waals surface area contributed by atoms with E-state index in [0.717, 1.165) is 24.8 Å². The predicted octanol–water partition coefficient (Wildman–Crippen LogP) is 3.75. The molecule has 0 radical (unpaired) electrons. The van der Waals surface area contributed by atoms with Gasteiger partial charge in [-0.2, -0.15) is 0 Å². The van der Waals surface area contributed by atoms with Crippen molar-refractivity contribution in [1.82, 2.24) is 10.6 Å². The number of nitrogens with one attached hydrogen (secondary N) is 3. The van der Waals surface area contributed by atoms with Crippen LogP contribution < -0.4 is 15.4 Å². The van der Waals surface area contributed by atoms with Crippen LogP contribution in [0.4, 0.5) is 10.5 Å². The van der Waals surface area contributed by atoms with Crippen molar-refractivity contribution >= 4 is 33.6 Å². The normalized spacial score (nSPS) is 25.8. The minimum atomic E-state index is -3.95. The van der Waals surface area contributed by atoms with Gasteiger partial charge in [0.05, 0.1) is 10.5 Å². The molecule has 6 rings (SSSR count). The second kappa shape index (κ2) is 9.81. The van der Waals surface area contributed by atoms with Gasteiger partial charge in [0.1, 0.15) is 0 Å². The van der Waals surface area contributed by atoms with Crippen molar-refractivity contribution in [2.24, 2.45) is 17.8 Å². The van der Waals surface area contributed by atoms with E-state index in [9.17, 15) is 22.8 Å². The Morgan fingerprint density at radius 1 is 0.946 bits per heavy atom. The average Bonchev–Trinajstić information content (AvgIpc) is 2.81. The molecule has 2 aromatic rings. The van der Waals surface area contributed by atoms with Gasteiger partial charge in [-0.25, -0.2) is 18.0 Å². The number of ether oxygens (including phenoxy) is 1. The number of imide groups is 1. The Kier molecular flexibility index (Phi) is 6.70. The fourth-order valence-corrected chi connectivity index (χ4v) is 7.72. The van der Waals surface area contributed by atoms with Gasteiger partial charge in [0.15, 0.2) is 6.61 Å². The monoisotopic (exact) mass is 525 g/mol. The van der Waals surface area contributed by atoms with Crippen LogP contribution in [-0.2, 0) is 19.6 Å². The minimum Gasteiger partial charge on any atom is -0.452 e. The maximum Gasteiger partial charge on any atom is 0.338 e. The van der Waals surface area contributed by atoms with E-state index < -0.39 is 34.5 Å². The standard InChI is InChI=1S/C27H31N3O6S/c1-17-4-2-6-22(8-17)30-37(34,35)23-7-3-5-21(12-23)25(32)36-16-24(31)28-26(33)29-27-13-18-9-19(14-27)11-20(10-18)15-27/h2-8,12,18-20,30H,9-11,13-16H2,1H3,(H2,28,29,31,33).